The maximum atomic E-state index is 12.7. The summed E-state index contributed by atoms with van der Waals surface area (Å²) in [5.74, 6) is -0.381. The molecule has 3 heteroatoms. The molecule has 0 heterocycles. The van der Waals surface area contributed by atoms with E-state index < -0.39 is 11.5 Å². The number of rotatable bonds is 6. The summed E-state index contributed by atoms with van der Waals surface area (Å²) in [6.45, 7) is 1.94. The van der Waals surface area contributed by atoms with Crippen LogP contribution >= 0.6 is 0 Å². The van der Waals surface area contributed by atoms with Gasteiger partial charge in [-0.05, 0) is 23.6 Å². The summed E-state index contributed by atoms with van der Waals surface area (Å²) in [7, 11) is 0. The van der Waals surface area contributed by atoms with Gasteiger partial charge in [-0.15, -0.1) is 0 Å². The molecule has 1 atom stereocenters. The van der Waals surface area contributed by atoms with Gasteiger partial charge in [0.05, 0.1) is 0 Å². The molecule has 3 aromatic rings. The lowest BCUT2D eigenvalue weighted by Crippen LogP contribution is -2.43. The molecule has 3 aromatic carbocycles. The Morgan fingerprint density at radius 1 is 0.846 bits per heavy atom. The van der Waals surface area contributed by atoms with Gasteiger partial charge in [-0.25, -0.2) is 0 Å². The number of amides is 1. The van der Waals surface area contributed by atoms with Crippen molar-refractivity contribution in [3.63, 3.8) is 0 Å². The van der Waals surface area contributed by atoms with Gasteiger partial charge in [-0.1, -0.05) is 91.0 Å². The Hall–Kier alpha value is -2.91. The highest BCUT2D eigenvalue weighted by Crippen LogP contribution is 2.25. The van der Waals surface area contributed by atoms with E-state index in [-0.39, 0.29) is 5.92 Å². The van der Waals surface area contributed by atoms with Crippen LogP contribution in [-0.2, 0) is 10.4 Å². The molecule has 132 valence electrons. The molecule has 0 aliphatic rings. The molecule has 0 aromatic heterocycles. The van der Waals surface area contributed by atoms with Crippen molar-refractivity contribution in [3.05, 3.63) is 108 Å². The first-order chi connectivity index (χ1) is 12.6. The van der Waals surface area contributed by atoms with Crippen molar-refractivity contribution in [1.29, 1.82) is 0 Å². The summed E-state index contributed by atoms with van der Waals surface area (Å²) in [5, 5.41) is 13.6. The summed E-state index contributed by atoms with van der Waals surface area (Å²) < 4.78 is 0. The lowest BCUT2D eigenvalue weighted by atomic mass is 9.90. The molecule has 1 unspecified atom stereocenters. The van der Waals surface area contributed by atoms with Gasteiger partial charge >= 0.3 is 0 Å². The van der Waals surface area contributed by atoms with Crippen molar-refractivity contribution in [3.8, 4) is 0 Å². The number of nitrogens with one attached hydrogen (secondary N) is 1. The van der Waals surface area contributed by atoms with Gasteiger partial charge in [-0.2, -0.15) is 0 Å². The third-order valence-corrected chi connectivity index (χ3v) is 4.65. The highest BCUT2D eigenvalue weighted by atomic mass is 16.3. The average Bonchev–Trinajstić information content (AvgIpc) is 2.70. The zero-order valence-corrected chi connectivity index (χ0v) is 14.8. The normalized spacial score (nSPS) is 13.2. The highest BCUT2D eigenvalue weighted by molar-refractivity contribution is 5.85. The molecule has 26 heavy (non-hydrogen) atoms. The van der Waals surface area contributed by atoms with Crippen LogP contribution in [0.2, 0.25) is 0 Å². The van der Waals surface area contributed by atoms with E-state index >= 15 is 0 Å². The van der Waals surface area contributed by atoms with Crippen LogP contribution in [0.3, 0.4) is 0 Å². The molecule has 1 amide bonds. The number of benzene rings is 3. The lowest BCUT2D eigenvalue weighted by molar-refractivity contribution is -0.139. The van der Waals surface area contributed by atoms with E-state index in [9.17, 15) is 9.90 Å². The Kier molecular flexibility index (Phi) is 5.49. The monoisotopic (exact) mass is 345 g/mol. The van der Waals surface area contributed by atoms with E-state index in [2.05, 4.69) is 29.6 Å². The second kappa shape index (κ2) is 7.98. The molecule has 0 radical (unpaired) electrons. The van der Waals surface area contributed by atoms with Crippen molar-refractivity contribution in [2.24, 2.45) is 0 Å². The molecule has 0 fully saturated rings. The predicted octanol–water partition coefficient (Wildman–Crippen LogP) is 3.84. The second-order valence-electron chi connectivity index (χ2n) is 6.52. The van der Waals surface area contributed by atoms with Crippen molar-refractivity contribution >= 4 is 5.91 Å². The van der Waals surface area contributed by atoms with Gasteiger partial charge in [0.15, 0.2) is 5.60 Å². The molecule has 0 aliphatic heterocycles. The number of hydrogen-bond donors (Lipinski definition) is 2. The van der Waals surface area contributed by atoms with Crippen LogP contribution in [-0.4, -0.2) is 17.6 Å². The van der Waals surface area contributed by atoms with E-state index in [0.717, 1.165) is 11.1 Å². The second-order valence-corrected chi connectivity index (χ2v) is 6.52. The van der Waals surface area contributed by atoms with Crippen molar-refractivity contribution in [1.82, 2.24) is 5.32 Å². The van der Waals surface area contributed by atoms with E-state index in [4.69, 9.17) is 0 Å². The molecule has 0 aliphatic carbocycles. The van der Waals surface area contributed by atoms with Crippen LogP contribution in [0.4, 0.5) is 0 Å². The molecule has 0 saturated heterocycles. The van der Waals surface area contributed by atoms with Gasteiger partial charge in [0.2, 0.25) is 0 Å². The highest BCUT2D eigenvalue weighted by Gasteiger charge is 2.32. The van der Waals surface area contributed by atoms with Gasteiger partial charge in [0.1, 0.15) is 0 Å². The topological polar surface area (TPSA) is 49.3 Å². The van der Waals surface area contributed by atoms with Gasteiger partial charge in [0.25, 0.3) is 5.91 Å². The molecular formula is C23H23NO2. The standard InChI is InChI=1S/C23H23NO2/c1-23(26,20-15-9-4-10-16-20)22(25)24-17-21(18-11-5-2-6-12-18)19-13-7-3-8-14-19/h2-16,21,26H,17H2,1H3,(H,24,25). The molecule has 0 saturated carbocycles. The Labute approximate surface area is 154 Å². The smallest absolute Gasteiger partial charge is 0.256 e. The third-order valence-electron chi connectivity index (χ3n) is 4.65. The van der Waals surface area contributed by atoms with Crippen LogP contribution in [0.15, 0.2) is 91.0 Å². The Bertz CT molecular complexity index is 790. The van der Waals surface area contributed by atoms with Crippen LogP contribution < -0.4 is 5.32 Å². The molecule has 0 bridgehead atoms. The zero-order chi connectivity index (χ0) is 18.4. The predicted molar refractivity (Wildman–Crippen MR) is 104 cm³/mol. The van der Waals surface area contributed by atoms with Gasteiger partial charge in [0, 0.05) is 12.5 Å². The van der Waals surface area contributed by atoms with Gasteiger partial charge in [-0.3, -0.25) is 4.79 Å². The summed E-state index contributed by atoms with van der Waals surface area (Å²) in [4.78, 5) is 12.7. The SMILES string of the molecule is CC(O)(C(=O)NCC(c1ccccc1)c1ccccc1)c1ccccc1. The van der Waals surface area contributed by atoms with Crippen LogP contribution in [0, 0.1) is 0 Å². The van der Waals surface area contributed by atoms with Gasteiger partial charge < -0.3 is 10.4 Å². The number of carbonyl (C=O) groups is 1. The maximum absolute atomic E-state index is 12.7. The van der Waals surface area contributed by atoms with E-state index in [1.54, 1.807) is 12.1 Å². The van der Waals surface area contributed by atoms with Crippen LogP contribution in [0.5, 0.6) is 0 Å². The Morgan fingerprint density at radius 3 is 1.73 bits per heavy atom. The molecule has 0 spiro atoms. The maximum Gasteiger partial charge on any atom is 0.256 e. The molecular weight excluding hydrogens is 322 g/mol. The number of hydrogen-bond acceptors (Lipinski definition) is 2. The van der Waals surface area contributed by atoms with Crippen molar-refractivity contribution in [2.75, 3.05) is 6.54 Å². The van der Waals surface area contributed by atoms with Crippen LogP contribution in [0.25, 0.3) is 0 Å². The first-order valence-electron chi connectivity index (χ1n) is 8.75. The Morgan fingerprint density at radius 2 is 1.27 bits per heavy atom. The third kappa shape index (κ3) is 4.01. The van der Waals surface area contributed by atoms with E-state index in [1.807, 2.05) is 54.6 Å². The summed E-state index contributed by atoms with van der Waals surface area (Å²) in [6.07, 6.45) is 0. The zero-order valence-electron chi connectivity index (χ0n) is 14.8. The fourth-order valence-corrected chi connectivity index (χ4v) is 3.06. The van der Waals surface area contributed by atoms with Crippen molar-refractivity contribution < 1.29 is 9.90 Å². The minimum atomic E-state index is -1.57. The quantitative estimate of drug-likeness (QED) is 0.713. The first-order valence-corrected chi connectivity index (χ1v) is 8.75. The van der Waals surface area contributed by atoms with Crippen LogP contribution in [0.1, 0.15) is 29.5 Å². The molecule has 2 N–H and O–H groups in total. The fraction of sp³-hybridized carbons (Fsp3) is 0.174. The number of carbonyl (C=O) groups excluding carboxylic acids is 1. The van der Waals surface area contributed by atoms with E-state index in [0.29, 0.717) is 12.1 Å². The molecule has 3 nitrogen and oxygen atoms in total. The average molecular weight is 345 g/mol. The Balaban J connectivity index is 1.79. The minimum absolute atomic E-state index is 0.0212. The minimum Gasteiger partial charge on any atom is -0.376 e. The summed E-state index contributed by atoms with van der Waals surface area (Å²) in [6, 6.07) is 29.1. The fourth-order valence-electron chi connectivity index (χ4n) is 3.06. The summed E-state index contributed by atoms with van der Waals surface area (Å²) in [5.41, 5.74) is 1.25. The first kappa shape index (κ1) is 17.9. The van der Waals surface area contributed by atoms with E-state index in [1.165, 1.54) is 6.92 Å². The lowest BCUT2D eigenvalue weighted by Gasteiger charge is -2.25. The molecule has 3 rings (SSSR count). The number of aliphatic hydroxyl groups is 1. The van der Waals surface area contributed by atoms with Crippen molar-refractivity contribution in [2.45, 2.75) is 18.4 Å². The summed E-state index contributed by atoms with van der Waals surface area (Å²) >= 11 is 0. The largest absolute Gasteiger partial charge is 0.376 e.